The molecule has 8 nitrogen and oxygen atoms in total. The smallest absolute Gasteiger partial charge is 0.271 e. The topological polar surface area (TPSA) is 109 Å². The molecule has 3 aromatic carbocycles. The summed E-state index contributed by atoms with van der Waals surface area (Å²) in [6.45, 7) is 2.64. The van der Waals surface area contributed by atoms with Crippen molar-refractivity contribution in [3.8, 4) is 28.6 Å². The van der Waals surface area contributed by atoms with Crippen LogP contribution in [0.5, 0.6) is 17.2 Å². The van der Waals surface area contributed by atoms with Crippen LogP contribution in [0.25, 0.3) is 22.4 Å². The standard InChI is InChI=1S/C25H24N4O4/c1-3-12-33-22-11-8-16(13-23(22)32-2)15-26-29-25(31)17-9-10-19-20(14-17)28-24(27-19)18-6-4-5-7-21(18)30/h4-11,13-15,30H,3,12H2,1-2H3,(H,27,28)(H,29,31)/b26-15+. The van der Waals surface area contributed by atoms with Gasteiger partial charge in [0.2, 0.25) is 0 Å². The maximum atomic E-state index is 12.6. The number of hydrazone groups is 1. The molecule has 0 atom stereocenters. The van der Waals surface area contributed by atoms with E-state index >= 15 is 0 Å². The van der Waals surface area contributed by atoms with Gasteiger partial charge in [-0.1, -0.05) is 19.1 Å². The summed E-state index contributed by atoms with van der Waals surface area (Å²) in [7, 11) is 1.58. The highest BCUT2D eigenvalue weighted by atomic mass is 16.5. The molecule has 3 N–H and O–H groups in total. The molecule has 0 unspecified atom stereocenters. The maximum Gasteiger partial charge on any atom is 0.271 e. The lowest BCUT2D eigenvalue weighted by molar-refractivity contribution is 0.0955. The molecule has 8 heteroatoms. The maximum absolute atomic E-state index is 12.6. The second-order valence-corrected chi connectivity index (χ2v) is 7.29. The first-order valence-corrected chi connectivity index (χ1v) is 10.5. The van der Waals surface area contributed by atoms with E-state index in [1.165, 1.54) is 6.21 Å². The van der Waals surface area contributed by atoms with E-state index in [9.17, 15) is 9.90 Å². The summed E-state index contributed by atoms with van der Waals surface area (Å²) >= 11 is 0. The Morgan fingerprint density at radius 1 is 1.15 bits per heavy atom. The van der Waals surface area contributed by atoms with Gasteiger partial charge in [-0.05, 0) is 60.5 Å². The first-order chi connectivity index (χ1) is 16.1. The lowest BCUT2D eigenvalue weighted by Crippen LogP contribution is -2.17. The Morgan fingerprint density at radius 3 is 2.79 bits per heavy atom. The average Bonchev–Trinajstić information content (AvgIpc) is 3.26. The van der Waals surface area contributed by atoms with Crippen LogP contribution >= 0.6 is 0 Å². The molecule has 0 radical (unpaired) electrons. The van der Waals surface area contributed by atoms with Gasteiger partial charge in [0.15, 0.2) is 11.5 Å². The summed E-state index contributed by atoms with van der Waals surface area (Å²) < 4.78 is 11.0. The third kappa shape index (κ3) is 4.95. The van der Waals surface area contributed by atoms with Crippen LogP contribution in [-0.2, 0) is 0 Å². The molecule has 33 heavy (non-hydrogen) atoms. The molecule has 1 amide bonds. The number of carbonyl (C=O) groups excluding carboxylic acids is 1. The van der Waals surface area contributed by atoms with E-state index in [0.717, 1.165) is 12.0 Å². The minimum absolute atomic E-state index is 0.130. The number of methoxy groups -OCH3 is 1. The van der Waals surface area contributed by atoms with Crippen LogP contribution in [0.4, 0.5) is 0 Å². The summed E-state index contributed by atoms with van der Waals surface area (Å²) in [6.07, 6.45) is 2.44. The Labute approximate surface area is 190 Å². The normalized spacial score (nSPS) is 11.1. The largest absolute Gasteiger partial charge is 0.507 e. The number of hydrogen-bond acceptors (Lipinski definition) is 6. The highest BCUT2D eigenvalue weighted by Crippen LogP contribution is 2.29. The molecule has 0 saturated carbocycles. The SMILES string of the molecule is CCCOc1ccc(/C=N/NC(=O)c2ccc3nc(-c4ccccc4O)[nH]c3c2)cc1OC. The van der Waals surface area contributed by atoms with Crippen LogP contribution in [-0.4, -0.2) is 40.9 Å². The second-order valence-electron chi connectivity index (χ2n) is 7.29. The first kappa shape index (κ1) is 21.9. The number of rotatable bonds is 8. The van der Waals surface area contributed by atoms with E-state index in [1.54, 1.807) is 49.6 Å². The number of nitrogens with zero attached hydrogens (tertiary/aromatic N) is 2. The fourth-order valence-electron chi connectivity index (χ4n) is 3.28. The van der Waals surface area contributed by atoms with Crippen molar-refractivity contribution in [1.82, 2.24) is 15.4 Å². The number of H-pyrrole nitrogens is 1. The van der Waals surface area contributed by atoms with Gasteiger partial charge in [-0.25, -0.2) is 10.4 Å². The van der Waals surface area contributed by atoms with Crippen molar-refractivity contribution >= 4 is 23.2 Å². The van der Waals surface area contributed by atoms with E-state index < -0.39 is 0 Å². The van der Waals surface area contributed by atoms with Gasteiger partial charge < -0.3 is 19.6 Å². The quantitative estimate of drug-likeness (QED) is 0.274. The molecule has 0 aliphatic heterocycles. The highest BCUT2D eigenvalue weighted by molar-refractivity contribution is 5.98. The molecule has 0 saturated heterocycles. The number of fused-ring (bicyclic) bond motifs is 1. The van der Waals surface area contributed by atoms with Crippen molar-refractivity contribution in [3.63, 3.8) is 0 Å². The number of nitrogens with one attached hydrogen (secondary N) is 2. The second kappa shape index (κ2) is 9.86. The van der Waals surface area contributed by atoms with Gasteiger partial charge in [-0.2, -0.15) is 5.10 Å². The molecule has 0 spiro atoms. The van der Waals surface area contributed by atoms with Gasteiger partial charge in [0, 0.05) is 5.56 Å². The van der Waals surface area contributed by atoms with E-state index in [-0.39, 0.29) is 11.7 Å². The average molecular weight is 444 g/mol. The van der Waals surface area contributed by atoms with Gasteiger partial charge >= 0.3 is 0 Å². The zero-order valence-corrected chi connectivity index (χ0v) is 18.3. The number of benzene rings is 3. The number of para-hydroxylation sites is 1. The molecule has 1 heterocycles. The number of amides is 1. The summed E-state index contributed by atoms with van der Waals surface area (Å²) in [4.78, 5) is 20.2. The van der Waals surface area contributed by atoms with Crippen molar-refractivity contribution < 1.29 is 19.4 Å². The Bertz CT molecular complexity index is 1310. The number of ether oxygens (including phenoxy) is 2. The molecule has 0 fully saturated rings. The van der Waals surface area contributed by atoms with Crippen molar-refractivity contribution in [2.45, 2.75) is 13.3 Å². The van der Waals surface area contributed by atoms with Gasteiger partial charge in [0.05, 0.1) is 36.5 Å². The van der Waals surface area contributed by atoms with Gasteiger partial charge in [0.1, 0.15) is 11.6 Å². The van der Waals surface area contributed by atoms with Crippen LogP contribution in [0.1, 0.15) is 29.3 Å². The van der Waals surface area contributed by atoms with Crippen molar-refractivity contribution in [1.29, 1.82) is 0 Å². The molecule has 1 aromatic heterocycles. The third-order valence-corrected chi connectivity index (χ3v) is 4.93. The number of phenolic OH excluding ortho intramolecular Hbond substituents is 1. The van der Waals surface area contributed by atoms with Crippen molar-refractivity contribution in [3.05, 3.63) is 71.8 Å². The van der Waals surface area contributed by atoms with E-state index in [2.05, 4.69) is 20.5 Å². The fraction of sp³-hybridized carbons (Fsp3) is 0.160. The summed E-state index contributed by atoms with van der Waals surface area (Å²) in [5, 5.41) is 14.1. The minimum atomic E-state index is -0.360. The number of phenols is 1. The number of aromatic amines is 1. The van der Waals surface area contributed by atoms with Gasteiger partial charge in [0.25, 0.3) is 5.91 Å². The van der Waals surface area contributed by atoms with Crippen LogP contribution in [0, 0.1) is 0 Å². The molecule has 0 aliphatic carbocycles. The number of hydrogen-bond donors (Lipinski definition) is 3. The lowest BCUT2D eigenvalue weighted by Gasteiger charge is -2.10. The van der Waals surface area contributed by atoms with Crippen molar-refractivity contribution in [2.75, 3.05) is 13.7 Å². The van der Waals surface area contributed by atoms with E-state index in [1.807, 2.05) is 25.1 Å². The Morgan fingerprint density at radius 2 is 2.00 bits per heavy atom. The molecule has 4 rings (SSSR count). The predicted molar refractivity (Wildman–Crippen MR) is 127 cm³/mol. The Kier molecular flexibility index (Phi) is 6.54. The fourth-order valence-corrected chi connectivity index (χ4v) is 3.28. The molecule has 0 aliphatic rings. The first-order valence-electron chi connectivity index (χ1n) is 10.5. The summed E-state index contributed by atoms with van der Waals surface area (Å²) in [5.41, 5.74) is 5.66. The molecule has 0 bridgehead atoms. The van der Waals surface area contributed by atoms with Crippen LogP contribution in [0.3, 0.4) is 0 Å². The molecular formula is C25H24N4O4. The number of aromatic nitrogens is 2. The van der Waals surface area contributed by atoms with Crippen LogP contribution in [0.2, 0.25) is 0 Å². The Balaban J connectivity index is 1.46. The van der Waals surface area contributed by atoms with Crippen LogP contribution < -0.4 is 14.9 Å². The van der Waals surface area contributed by atoms with E-state index in [0.29, 0.717) is 46.1 Å². The summed E-state index contributed by atoms with van der Waals surface area (Å²) in [6, 6.07) is 17.5. The zero-order chi connectivity index (χ0) is 23.2. The van der Waals surface area contributed by atoms with Gasteiger partial charge in [-0.3, -0.25) is 4.79 Å². The lowest BCUT2D eigenvalue weighted by atomic mass is 10.2. The Hall–Kier alpha value is -4.33. The number of carbonyl (C=O) groups is 1. The van der Waals surface area contributed by atoms with E-state index in [4.69, 9.17) is 9.47 Å². The molecule has 168 valence electrons. The third-order valence-electron chi connectivity index (χ3n) is 4.93. The monoisotopic (exact) mass is 444 g/mol. The minimum Gasteiger partial charge on any atom is -0.507 e. The number of aromatic hydroxyl groups is 1. The zero-order valence-electron chi connectivity index (χ0n) is 18.3. The molecular weight excluding hydrogens is 420 g/mol. The van der Waals surface area contributed by atoms with Crippen molar-refractivity contribution in [2.24, 2.45) is 5.10 Å². The predicted octanol–water partition coefficient (Wildman–Crippen LogP) is 4.50. The van der Waals surface area contributed by atoms with Gasteiger partial charge in [-0.15, -0.1) is 0 Å². The number of imidazole rings is 1. The molecule has 4 aromatic rings. The van der Waals surface area contributed by atoms with Crippen LogP contribution in [0.15, 0.2) is 65.8 Å². The highest BCUT2D eigenvalue weighted by Gasteiger charge is 2.12. The summed E-state index contributed by atoms with van der Waals surface area (Å²) in [5.74, 6) is 1.56.